The molecule has 0 fully saturated rings. The average Bonchev–Trinajstić information content (AvgIpc) is 2.28. The Labute approximate surface area is 114 Å². The molecule has 1 rings (SSSR count). The lowest BCUT2D eigenvalue weighted by atomic mass is 10.0. The van der Waals surface area contributed by atoms with Crippen molar-refractivity contribution in [3.05, 3.63) is 28.2 Å². The summed E-state index contributed by atoms with van der Waals surface area (Å²) in [6.07, 6.45) is 0. The fourth-order valence-corrected chi connectivity index (χ4v) is 2.23. The van der Waals surface area contributed by atoms with Crippen LogP contribution in [0, 0.1) is 0 Å². The largest absolute Gasteiger partial charge is 0.372 e. The molecule has 1 aromatic carbocycles. The van der Waals surface area contributed by atoms with E-state index in [2.05, 4.69) is 79.1 Å². The zero-order chi connectivity index (χ0) is 13.0. The second kappa shape index (κ2) is 6.41. The maximum Gasteiger partial charge on any atom is 0.0425 e. The van der Waals surface area contributed by atoms with Crippen molar-refractivity contribution in [3.63, 3.8) is 0 Å². The number of nitrogens with one attached hydrogen (secondary N) is 1. The van der Waals surface area contributed by atoms with Crippen molar-refractivity contribution in [2.24, 2.45) is 0 Å². The average molecular weight is 299 g/mol. The van der Waals surface area contributed by atoms with Gasteiger partial charge in [-0.25, -0.2) is 0 Å². The van der Waals surface area contributed by atoms with Crippen LogP contribution in [-0.2, 0) is 0 Å². The monoisotopic (exact) mass is 298 g/mol. The van der Waals surface area contributed by atoms with Crippen LogP contribution in [0.2, 0.25) is 0 Å². The summed E-state index contributed by atoms with van der Waals surface area (Å²) in [5.41, 5.74) is 2.65. The third-order valence-electron chi connectivity index (χ3n) is 3.12. The third-order valence-corrected chi connectivity index (χ3v) is 3.62. The highest BCUT2D eigenvalue weighted by Crippen LogP contribution is 2.30. The number of rotatable bonds is 5. The summed E-state index contributed by atoms with van der Waals surface area (Å²) in [5, 5.41) is 3.47. The Bertz CT molecular complexity index is 363. The van der Waals surface area contributed by atoms with Crippen LogP contribution in [0.4, 0.5) is 5.69 Å². The number of benzene rings is 1. The van der Waals surface area contributed by atoms with Gasteiger partial charge in [-0.05, 0) is 45.0 Å². The molecule has 0 saturated heterocycles. The highest BCUT2D eigenvalue weighted by Gasteiger charge is 2.14. The Kier molecular flexibility index (Phi) is 5.47. The molecule has 1 atom stereocenters. The van der Waals surface area contributed by atoms with Gasteiger partial charge in [-0.3, -0.25) is 0 Å². The van der Waals surface area contributed by atoms with Crippen LogP contribution < -0.4 is 10.2 Å². The summed E-state index contributed by atoms with van der Waals surface area (Å²) in [4.78, 5) is 2.31. The van der Waals surface area contributed by atoms with Gasteiger partial charge in [-0.15, -0.1) is 0 Å². The van der Waals surface area contributed by atoms with Crippen LogP contribution in [-0.4, -0.2) is 19.6 Å². The Balaban J connectivity index is 3.11. The molecule has 2 nitrogen and oxygen atoms in total. The van der Waals surface area contributed by atoms with Crippen molar-refractivity contribution in [2.75, 3.05) is 18.5 Å². The van der Waals surface area contributed by atoms with Crippen molar-refractivity contribution in [1.29, 1.82) is 0 Å². The van der Waals surface area contributed by atoms with Gasteiger partial charge < -0.3 is 10.2 Å². The molecule has 3 heteroatoms. The number of hydrogen-bond acceptors (Lipinski definition) is 2. The Morgan fingerprint density at radius 3 is 2.47 bits per heavy atom. The molecule has 1 aromatic rings. The predicted octanol–water partition coefficient (Wildman–Crippen LogP) is 3.96. The van der Waals surface area contributed by atoms with Gasteiger partial charge in [-0.2, -0.15) is 0 Å². The first-order chi connectivity index (χ1) is 7.97. The van der Waals surface area contributed by atoms with Crippen LogP contribution in [0.5, 0.6) is 0 Å². The molecular formula is C14H23BrN2. The van der Waals surface area contributed by atoms with E-state index in [1.807, 2.05) is 0 Å². The van der Waals surface area contributed by atoms with E-state index in [1.165, 1.54) is 11.3 Å². The Morgan fingerprint density at radius 2 is 1.94 bits per heavy atom. The lowest BCUT2D eigenvalue weighted by Crippen LogP contribution is -2.28. The first kappa shape index (κ1) is 14.5. The van der Waals surface area contributed by atoms with Crippen molar-refractivity contribution >= 4 is 21.6 Å². The number of anilines is 1. The molecule has 0 aliphatic carbocycles. The molecule has 96 valence electrons. The van der Waals surface area contributed by atoms with E-state index in [9.17, 15) is 0 Å². The summed E-state index contributed by atoms with van der Waals surface area (Å²) in [7, 11) is 2.15. The molecule has 0 heterocycles. The van der Waals surface area contributed by atoms with Gasteiger partial charge in [0.05, 0.1) is 0 Å². The molecule has 1 N–H and O–H groups in total. The lowest BCUT2D eigenvalue weighted by Gasteiger charge is -2.29. The van der Waals surface area contributed by atoms with E-state index >= 15 is 0 Å². The zero-order valence-electron chi connectivity index (χ0n) is 11.4. The summed E-state index contributed by atoms with van der Waals surface area (Å²) in [5.74, 6) is 0. The molecule has 0 saturated carbocycles. The van der Waals surface area contributed by atoms with Gasteiger partial charge in [0.2, 0.25) is 0 Å². The Hall–Kier alpha value is -0.540. The highest BCUT2D eigenvalue weighted by molar-refractivity contribution is 9.10. The molecule has 0 spiro atoms. The van der Waals surface area contributed by atoms with Crippen molar-refractivity contribution < 1.29 is 0 Å². The van der Waals surface area contributed by atoms with E-state index in [4.69, 9.17) is 0 Å². The fraction of sp³-hybridized carbons (Fsp3) is 0.571. The standard InChI is InChI=1S/C14H23BrN2/c1-6-16-11(4)13-8-7-12(15)9-14(13)17(5)10(2)3/h7-11,16H,6H2,1-5H3. The van der Waals surface area contributed by atoms with Gasteiger partial charge in [0, 0.05) is 29.3 Å². The topological polar surface area (TPSA) is 15.3 Å². The molecule has 0 aliphatic heterocycles. The predicted molar refractivity (Wildman–Crippen MR) is 79.8 cm³/mol. The first-order valence-corrected chi connectivity index (χ1v) is 7.02. The maximum atomic E-state index is 3.55. The third kappa shape index (κ3) is 3.71. The number of hydrogen-bond donors (Lipinski definition) is 1. The fourth-order valence-electron chi connectivity index (χ4n) is 1.88. The van der Waals surface area contributed by atoms with Gasteiger partial charge in [-0.1, -0.05) is 28.9 Å². The normalized spacial score (nSPS) is 12.9. The van der Waals surface area contributed by atoms with E-state index in [0.717, 1.165) is 11.0 Å². The molecular weight excluding hydrogens is 276 g/mol. The molecule has 0 radical (unpaired) electrons. The second-order valence-corrected chi connectivity index (χ2v) is 5.60. The van der Waals surface area contributed by atoms with Crippen LogP contribution in [0.1, 0.15) is 39.3 Å². The molecule has 0 aliphatic rings. The second-order valence-electron chi connectivity index (χ2n) is 4.69. The summed E-state index contributed by atoms with van der Waals surface area (Å²) in [6, 6.07) is 7.39. The minimum atomic E-state index is 0.379. The zero-order valence-corrected chi connectivity index (χ0v) is 13.0. The first-order valence-electron chi connectivity index (χ1n) is 6.23. The van der Waals surface area contributed by atoms with Gasteiger partial charge in [0.25, 0.3) is 0 Å². The van der Waals surface area contributed by atoms with Crippen molar-refractivity contribution in [1.82, 2.24) is 5.32 Å². The molecule has 1 unspecified atom stereocenters. The highest BCUT2D eigenvalue weighted by atomic mass is 79.9. The molecule has 0 amide bonds. The van der Waals surface area contributed by atoms with Crippen molar-refractivity contribution in [2.45, 2.75) is 39.8 Å². The summed E-state index contributed by atoms with van der Waals surface area (Å²) in [6.45, 7) is 9.76. The van der Waals surface area contributed by atoms with E-state index in [-0.39, 0.29) is 0 Å². The molecule has 0 aromatic heterocycles. The van der Waals surface area contributed by atoms with Crippen LogP contribution in [0.3, 0.4) is 0 Å². The van der Waals surface area contributed by atoms with Crippen LogP contribution in [0.25, 0.3) is 0 Å². The summed E-state index contributed by atoms with van der Waals surface area (Å²) < 4.78 is 1.13. The smallest absolute Gasteiger partial charge is 0.0425 e. The van der Waals surface area contributed by atoms with Crippen LogP contribution >= 0.6 is 15.9 Å². The SMILES string of the molecule is CCNC(C)c1ccc(Br)cc1N(C)C(C)C. The maximum absolute atomic E-state index is 3.55. The van der Waals surface area contributed by atoms with E-state index < -0.39 is 0 Å². The minimum Gasteiger partial charge on any atom is -0.372 e. The Morgan fingerprint density at radius 1 is 1.29 bits per heavy atom. The van der Waals surface area contributed by atoms with Gasteiger partial charge >= 0.3 is 0 Å². The van der Waals surface area contributed by atoms with Crippen molar-refractivity contribution in [3.8, 4) is 0 Å². The number of halogens is 1. The number of nitrogens with zero attached hydrogens (tertiary/aromatic N) is 1. The minimum absolute atomic E-state index is 0.379. The van der Waals surface area contributed by atoms with Gasteiger partial charge in [0.15, 0.2) is 0 Å². The van der Waals surface area contributed by atoms with E-state index in [1.54, 1.807) is 0 Å². The van der Waals surface area contributed by atoms with Gasteiger partial charge in [0.1, 0.15) is 0 Å². The summed E-state index contributed by atoms with van der Waals surface area (Å²) >= 11 is 3.55. The lowest BCUT2D eigenvalue weighted by molar-refractivity contribution is 0.594. The quantitative estimate of drug-likeness (QED) is 0.885. The molecule has 0 bridgehead atoms. The molecule has 17 heavy (non-hydrogen) atoms. The van der Waals surface area contributed by atoms with E-state index in [0.29, 0.717) is 12.1 Å². The van der Waals surface area contributed by atoms with Crippen LogP contribution in [0.15, 0.2) is 22.7 Å².